The van der Waals surface area contributed by atoms with Gasteiger partial charge in [0.2, 0.25) is 12.0 Å². The number of nitrogens with one attached hydrogen (secondary N) is 2. The maximum atomic E-state index is 12.3. The van der Waals surface area contributed by atoms with E-state index < -0.39 is 12.0 Å². The molecule has 2 heterocycles. The van der Waals surface area contributed by atoms with Crippen LogP contribution in [0.15, 0.2) is 29.4 Å². The Morgan fingerprint density at radius 3 is 2.66 bits per heavy atom. The molecule has 152 valence electrons. The minimum absolute atomic E-state index is 0.0852. The van der Waals surface area contributed by atoms with E-state index >= 15 is 0 Å². The molecule has 2 amide bonds. The summed E-state index contributed by atoms with van der Waals surface area (Å²) < 4.78 is 13.3. The summed E-state index contributed by atoms with van der Waals surface area (Å²) in [5, 5.41) is 9.38. The van der Waals surface area contributed by atoms with Crippen molar-refractivity contribution in [2.24, 2.45) is 0 Å². The van der Waals surface area contributed by atoms with Crippen molar-refractivity contribution in [3.8, 4) is 11.5 Å². The van der Waals surface area contributed by atoms with Crippen molar-refractivity contribution < 1.29 is 19.1 Å². The van der Waals surface area contributed by atoms with E-state index in [1.165, 1.54) is 24.6 Å². The molecule has 0 bridgehead atoms. The summed E-state index contributed by atoms with van der Waals surface area (Å²) >= 11 is 1.34. The Kier molecular flexibility index (Phi) is 4.78. The van der Waals surface area contributed by atoms with Crippen LogP contribution in [-0.4, -0.2) is 45.0 Å². The average molecular weight is 415 g/mol. The lowest BCUT2D eigenvalue weighted by Gasteiger charge is -2.25. The van der Waals surface area contributed by atoms with Crippen LogP contribution < -0.4 is 20.3 Å². The number of hydrogen-bond acceptors (Lipinski definition) is 7. The number of amides is 2. The van der Waals surface area contributed by atoms with Crippen molar-refractivity contribution in [3.05, 3.63) is 30.1 Å². The lowest BCUT2D eigenvalue weighted by molar-refractivity contribution is -0.134. The summed E-state index contributed by atoms with van der Waals surface area (Å²) in [6.45, 7) is 0.0852. The number of benzene rings is 1. The van der Waals surface area contributed by atoms with E-state index in [1.807, 2.05) is 6.07 Å². The highest BCUT2D eigenvalue weighted by Crippen LogP contribution is 2.45. The SMILES string of the molecule is O=C(CSc1nnc(C2CC2)n1C1CC1)NNC(=O)[C@H]1COc2ccccc2O1. The summed E-state index contributed by atoms with van der Waals surface area (Å²) in [6, 6.07) is 7.61. The van der Waals surface area contributed by atoms with Crippen LogP contribution in [0, 0.1) is 0 Å². The molecule has 0 unspecified atom stereocenters. The first-order valence-electron chi connectivity index (χ1n) is 9.74. The summed E-state index contributed by atoms with van der Waals surface area (Å²) in [5.41, 5.74) is 4.83. The van der Waals surface area contributed by atoms with Gasteiger partial charge < -0.3 is 14.0 Å². The van der Waals surface area contributed by atoms with E-state index in [0.717, 1.165) is 23.8 Å². The first-order valence-corrected chi connectivity index (χ1v) is 10.7. The number of thioether (sulfide) groups is 1. The molecule has 2 aromatic rings. The van der Waals surface area contributed by atoms with Gasteiger partial charge in [-0.2, -0.15) is 0 Å². The lowest BCUT2D eigenvalue weighted by atomic mass is 10.2. The van der Waals surface area contributed by atoms with Gasteiger partial charge in [0.1, 0.15) is 12.4 Å². The molecule has 2 saturated carbocycles. The number of rotatable bonds is 6. The molecule has 1 atom stereocenters. The molecule has 1 aromatic heterocycles. The number of nitrogens with zero attached hydrogens (tertiary/aromatic N) is 3. The number of hydrazine groups is 1. The van der Waals surface area contributed by atoms with E-state index in [4.69, 9.17) is 9.47 Å². The van der Waals surface area contributed by atoms with Gasteiger partial charge in [-0.15, -0.1) is 10.2 Å². The van der Waals surface area contributed by atoms with Crippen LogP contribution >= 0.6 is 11.8 Å². The molecule has 1 aromatic carbocycles. The normalized spacial score (nSPS) is 20.2. The van der Waals surface area contributed by atoms with E-state index in [-0.39, 0.29) is 18.3 Å². The van der Waals surface area contributed by atoms with Crippen LogP contribution in [0.2, 0.25) is 0 Å². The zero-order valence-corrected chi connectivity index (χ0v) is 16.5. The van der Waals surface area contributed by atoms with Gasteiger partial charge in [0.15, 0.2) is 16.7 Å². The van der Waals surface area contributed by atoms with Crippen molar-refractivity contribution in [2.75, 3.05) is 12.4 Å². The van der Waals surface area contributed by atoms with Crippen molar-refractivity contribution in [2.45, 2.75) is 48.9 Å². The van der Waals surface area contributed by atoms with Gasteiger partial charge in [0.25, 0.3) is 5.91 Å². The molecule has 2 fully saturated rings. The Balaban J connectivity index is 1.11. The van der Waals surface area contributed by atoms with E-state index in [1.54, 1.807) is 18.2 Å². The average Bonchev–Trinajstić information content (AvgIpc) is 3.68. The summed E-state index contributed by atoms with van der Waals surface area (Å²) in [5.74, 6) is 2.04. The number of carbonyl (C=O) groups excluding carboxylic acids is 2. The highest BCUT2D eigenvalue weighted by atomic mass is 32.2. The highest BCUT2D eigenvalue weighted by molar-refractivity contribution is 7.99. The molecular formula is C19H21N5O4S. The number of hydrogen-bond donors (Lipinski definition) is 2. The number of carbonyl (C=O) groups is 2. The zero-order chi connectivity index (χ0) is 19.8. The van der Waals surface area contributed by atoms with E-state index in [0.29, 0.717) is 23.5 Å². The highest BCUT2D eigenvalue weighted by Gasteiger charge is 2.36. The third-order valence-corrected chi connectivity index (χ3v) is 5.95. The summed E-state index contributed by atoms with van der Waals surface area (Å²) in [6.07, 6.45) is 3.79. The van der Waals surface area contributed by atoms with Crippen LogP contribution in [0.3, 0.4) is 0 Å². The Labute approximate surface area is 171 Å². The second kappa shape index (κ2) is 7.58. The molecule has 10 heteroatoms. The smallest absolute Gasteiger partial charge is 0.283 e. The van der Waals surface area contributed by atoms with Crippen LogP contribution in [0.1, 0.15) is 43.5 Å². The molecular weight excluding hydrogens is 394 g/mol. The summed E-state index contributed by atoms with van der Waals surface area (Å²) in [4.78, 5) is 24.4. The molecule has 5 rings (SSSR count). The van der Waals surface area contributed by atoms with E-state index in [2.05, 4.69) is 25.6 Å². The van der Waals surface area contributed by atoms with Gasteiger partial charge in [-0.3, -0.25) is 20.4 Å². The number of fused-ring (bicyclic) bond motifs is 1. The van der Waals surface area contributed by atoms with Crippen molar-refractivity contribution in [1.82, 2.24) is 25.6 Å². The fourth-order valence-corrected chi connectivity index (χ4v) is 4.02. The fourth-order valence-electron chi connectivity index (χ4n) is 3.21. The second-order valence-corrected chi connectivity index (χ2v) is 8.35. The zero-order valence-electron chi connectivity index (χ0n) is 15.7. The van der Waals surface area contributed by atoms with Crippen molar-refractivity contribution in [3.63, 3.8) is 0 Å². The number of para-hydroxylation sites is 2. The standard InChI is InChI=1S/C19H21N5O4S/c25-16(10-29-19-23-21-17(11-5-6-11)24(19)12-7-8-12)20-22-18(26)15-9-27-13-3-1-2-4-14(13)28-15/h1-4,11-12,15H,5-10H2,(H,20,25)(H,22,26)/t15-/m1/s1. The van der Waals surface area contributed by atoms with Gasteiger partial charge in [-0.25, -0.2) is 0 Å². The van der Waals surface area contributed by atoms with Gasteiger partial charge in [0, 0.05) is 12.0 Å². The van der Waals surface area contributed by atoms with Gasteiger partial charge in [-0.1, -0.05) is 23.9 Å². The first-order chi connectivity index (χ1) is 14.2. The quantitative estimate of drug-likeness (QED) is 0.545. The predicted molar refractivity (Wildman–Crippen MR) is 104 cm³/mol. The van der Waals surface area contributed by atoms with Gasteiger partial charge in [-0.05, 0) is 37.8 Å². The Hall–Kier alpha value is -2.75. The molecule has 1 aliphatic heterocycles. The van der Waals surface area contributed by atoms with Crippen LogP contribution in [0.5, 0.6) is 11.5 Å². The largest absolute Gasteiger partial charge is 0.485 e. The summed E-state index contributed by atoms with van der Waals surface area (Å²) in [7, 11) is 0. The van der Waals surface area contributed by atoms with Crippen LogP contribution in [0.25, 0.3) is 0 Å². The number of ether oxygens (including phenoxy) is 2. The van der Waals surface area contributed by atoms with Crippen molar-refractivity contribution >= 4 is 23.6 Å². The first kappa shape index (κ1) is 18.3. The van der Waals surface area contributed by atoms with Crippen LogP contribution in [0.4, 0.5) is 0 Å². The monoisotopic (exact) mass is 415 g/mol. The van der Waals surface area contributed by atoms with Gasteiger partial charge in [0.05, 0.1) is 5.75 Å². The number of aromatic nitrogens is 3. The third-order valence-electron chi connectivity index (χ3n) is 5.00. The molecule has 2 N–H and O–H groups in total. The maximum Gasteiger partial charge on any atom is 0.283 e. The lowest BCUT2D eigenvalue weighted by Crippen LogP contribution is -2.51. The molecule has 0 radical (unpaired) electrons. The Morgan fingerprint density at radius 2 is 1.90 bits per heavy atom. The maximum absolute atomic E-state index is 12.3. The second-order valence-electron chi connectivity index (χ2n) is 7.41. The molecule has 29 heavy (non-hydrogen) atoms. The fraction of sp³-hybridized carbons (Fsp3) is 0.474. The Bertz CT molecular complexity index is 940. The third kappa shape index (κ3) is 4.02. The van der Waals surface area contributed by atoms with E-state index in [9.17, 15) is 9.59 Å². The predicted octanol–water partition coefficient (Wildman–Crippen LogP) is 1.57. The molecule has 9 nitrogen and oxygen atoms in total. The molecule has 0 spiro atoms. The molecule has 3 aliphatic rings. The van der Waals surface area contributed by atoms with Crippen molar-refractivity contribution in [1.29, 1.82) is 0 Å². The van der Waals surface area contributed by atoms with Gasteiger partial charge >= 0.3 is 0 Å². The molecule has 2 aliphatic carbocycles. The molecule has 0 saturated heterocycles. The minimum Gasteiger partial charge on any atom is -0.485 e. The minimum atomic E-state index is -0.822. The Morgan fingerprint density at radius 1 is 1.10 bits per heavy atom. The topological polar surface area (TPSA) is 107 Å². The van der Waals surface area contributed by atoms with Crippen LogP contribution in [-0.2, 0) is 9.59 Å².